The van der Waals surface area contributed by atoms with Gasteiger partial charge in [-0.1, -0.05) is 0 Å². The molecule has 3 N–H and O–H groups in total. The quantitative estimate of drug-likeness (QED) is 0.541. The van der Waals surface area contributed by atoms with E-state index in [2.05, 4.69) is 10.6 Å². The summed E-state index contributed by atoms with van der Waals surface area (Å²) in [5.41, 5.74) is -1.55. The molecule has 0 radical (unpaired) electrons. The molecule has 0 heterocycles. The molecule has 1 rings (SSSR count). The van der Waals surface area contributed by atoms with E-state index in [4.69, 9.17) is 5.11 Å². The summed E-state index contributed by atoms with van der Waals surface area (Å²) in [5.74, 6) is -1.57. The number of aliphatic carboxylic acids is 1. The second kappa shape index (κ2) is 6.21. The van der Waals surface area contributed by atoms with Crippen LogP contribution >= 0.6 is 0 Å². The number of carboxylic acids is 1. The molecule has 0 spiro atoms. The second-order valence-corrected chi connectivity index (χ2v) is 4.90. The molecular formula is C13H17N3O5. The highest BCUT2D eigenvalue weighted by atomic mass is 16.6. The van der Waals surface area contributed by atoms with E-state index in [0.717, 1.165) is 6.07 Å². The van der Waals surface area contributed by atoms with E-state index in [1.165, 1.54) is 26.0 Å². The molecule has 0 atom stereocenters. The number of nitro groups is 1. The first-order valence-corrected chi connectivity index (χ1v) is 6.27. The lowest BCUT2D eigenvalue weighted by molar-refractivity contribution is -0.384. The van der Waals surface area contributed by atoms with Gasteiger partial charge in [-0.25, -0.2) is 4.79 Å². The van der Waals surface area contributed by atoms with Gasteiger partial charge < -0.3 is 15.7 Å². The Kier molecular flexibility index (Phi) is 4.85. The van der Waals surface area contributed by atoms with E-state index in [-0.39, 0.29) is 16.9 Å². The summed E-state index contributed by atoms with van der Waals surface area (Å²) in [5, 5.41) is 25.3. The Labute approximate surface area is 121 Å². The molecule has 0 bridgehead atoms. The van der Waals surface area contributed by atoms with Crippen LogP contribution in [0.4, 0.5) is 11.4 Å². The van der Waals surface area contributed by atoms with Gasteiger partial charge in [0, 0.05) is 18.2 Å². The molecule has 0 aliphatic carbocycles. The third-order valence-corrected chi connectivity index (χ3v) is 2.78. The molecule has 1 aromatic rings. The van der Waals surface area contributed by atoms with Crippen molar-refractivity contribution in [2.75, 3.05) is 11.9 Å². The van der Waals surface area contributed by atoms with Gasteiger partial charge in [-0.15, -0.1) is 0 Å². The third kappa shape index (κ3) is 3.91. The van der Waals surface area contributed by atoms with E-state index in [1.54, 1.807) is 6.92 Å². The molecule has 1 aromatic carbocycles. The smallest absolute Gasteiger partial charge is 0.328 e. The number of carbonyl (C=O) groups excluding carboxylic acids is 1. The van der Waals surface area contributed by atoms with Crippen LogP contribution in [0.3, 0.4) is 0 Å². The van der Waals surface area contributed by atoms with Gasteiger partial charge >= 0.3 is 5.97 Å². The molecule has 0 saturated carbocycles. The van der Waals surface area contributed by atoms with Crippen molar-refractivity contribution in [1.29, 1.82) is 0 Å². The van der Waals surface area contributed by atoms with Crippen LogP contribution in [0.5, 0.6) is 0 Å². The maximum absolute atomic E-state index is 11.7. The van der Waals surface area contributed by atoms with E-state index in [0.29, 0.717) is 6.54 Å². The molecule has 8 nitrogen and oxygen atoms in total. The van der Waals surface area contributed by atoms with Gasteiger partial charge in [0.15, 0.2) is 0 Å². The lowest BCUT2D eigenvalue weighted by Gasteiger charge is -2.22. The van der Waals surface area contributed by atoms with Crippen molar-refractivity contribution in [1.82, 2.24) is 5.32 Å². The topological polar surface area (TPSA) is 122 Å². The minimum atomic E-state index is -1.38. The highest BCUT2D eigenvalue weighted by Gasteiger charge is 2.30. The maximum atomic E-state index is 11.7. The molecule has 0 unspecified atom stereocenters. The molecule has 114 valence electrons. The lowest BCUT2D eigenvalue weighted by Crippen LogP contribution is -2.40. The average Bonchev–Trinajstić information content (AvgIpc) is 2.38. The Balaban J connectivity index is 3.20. The molecule has 1 amide bonds. The van der Waals surface area contributed by atoms with Crippen molar-refractivity contribution >= 4 is 23.3 Å². The van der Waals surface area contributed by atoms with E-state index in [9.17, 15) is 19.7 Å². The summed E-state index contributed by atoms with van der Waals surface area (Å²) < 4.78 is 0. The number of nitrogens with one attached hydrogen (secondary N) is 2. The maximum Gasteiger partial charge on any atom is 0.328 e. The normalized spacial score (nSPS) is 10.8. The summed E-state index contributed by atoms with van der Waals surface area (Å²) in [4.78, 5) is 33.2. The van der Waals surface area contributed by atoms with Crippen LogP contribution in [0.25, 0.3) is 0 Å². The van der Waals surface area contributed by atoms with Crippen molar-refractivity contribution in [3.05, 3.63) is 33.9 Å². The number of anilines is 1. The molecule has 0 fully saturated rings. The van der Waals surface area contributed by atoms with Gasteiger partial charge in [0.2, 0.25) is 0 Å². The monoisotopic (exact) mass is 295 g/mol. The Morgan fingerprint density at radius 3 is 2.48 bits per heavy atom. The van der Waals surface area contributed by atoms with Crippen molar-refractivity contribution in [2.24, 2.45) is 0 Å². The molecular weight excluding hydrogens is 278 g/mol. The third-order valence-electron chi connectivity index (χ3n) is 2.78. The summed E-state index contributed by atoms with van der Waals surface area (Å²) >= 11 is 0. The highest BCUT2D eigenvalue weighted by Crippen LogP contribution is 2.28. The Morgan fingerprint density at radius 1 is 1.38 bits per heavy atom. The van der Waals surface area contributed by atoms with Crippen LogP contribution in [-0.4, -0.2) is 34.0 Å². The highest BCUT2D eigenvalue weighted by molar-refractivity contribution is 5.96. The SMILES string of the molecule is CCNC(=O)c1ccc(NC(C)(C)C(=O)O)c([N+](=O)[O-])c1. The fourth-order valence-corrected chi connectivity index (χ4v) is 1.58. The van der Waals surface area contributed by atoms with Gasteiger partial charge in [0.1, 0.15) is 11.2 Å². The Morgan fingerprint density at radius 2 is 2.00 bits per heavy atom. The fourth-order valence-electron chi connectivity index (χ4n) is 1.58. The van der Waals surface area contributed by atoms with Gasteiger partial charge in [-0.2, -0.15) is 0 Å². The van der Waals surface area contributed by atoms with Crippen LogP contribution in [0.2, 0.25) is 0 Å². The molecule has 0 saturated heterocycles. The van der Waals surface area contributed by atoms with Gasteiger partial charge in [-0.05, 0) is 32.9 Å². The number of carboxylic acid groups (broad SMARTS) is 1. The van der Waals surface area contributed by atoms with Gasteiger partial charge in [0.05, 0.1) is 4.92 Å². The van der Waals surface area contributed by atoms with Crippen LogP contribution in [0, 0.1) is 10.1 Å². The summed E-state index contributed by atoms with van der Waals surface area (Å²) in [6.45, 7) is 4.91. The van der Waals surface area contributed by atoms with Gasteiger partial charge in [0.25, 0.3) is 11.6 Å². The summed E-state index contributed by atoms with van der Waals surface area (Å²) in [6, 6.07) is 3.84. The number of benzene rings is 1. The number of hydrogen-bond acceptors (Lipinski definition) is 5. The summed E-state index contributed by atoms with van der Waals surface area (Å²) in [6.07, 6.45) is 0. The van der Waals surface area contributed by atoms with Crippen LogP contribution in [0.1, 0.15) is 31.1 Å². The first kappa shape index (κ1) is 16.4. The number of hydrogen-bond donors (Lipinski definition) is 3. The first-order valence-electron chi connectivity index (χ1n) is 6.27. The molecule has 8 heteroatoms. The van der Waals surface area contributed by atoms with Crippen LogP contribution < -0.4 is 10.6 Å². The minimum Gasteiger partial charge on any atom is -0.480 e. The zero-order chi connectivity index (χ0) is 16.2. The minimum absolute atomic E-state index is 0.0421. The number of rotatable bonds is 6. The van der Waals surface area contributed by atoms with Crippen LogP contribution in [0.15, 0.2) is 18.2 Å². The van der Waals surface area contributed by atoms with Gasteiger partial charge in [-0.3, -0.25) is 14.9 Å². The second-order valence-electron chi connectivity index (χ2n) is 4.90. The van der Waals surface area contributed by atoms with E-state index in [1.807, 2.05) is 0 Å². The molecule has 0 aliphatic rings. The predicted octanol–water partition coefficient (Wildman–Crippen LogP) is 1.62. The lowest BCUT2D eigenvalue weighted by atomic mass is 10.0. The zero-order valence-electron chi connectivity index (χ0n) is 12.0. The van der Waals surface area contributed by atoms with Crippen molar-refractivity contribution in [2.45, 2.75) is 26.3 Å². The fraction of sp³-hybridized carbons (Fsp3) is 0.385. The molecule has 0 aromatic heterocycles. The Bertz CT molecular complexity index is 583. The van der Waals surface area contributed by atoms with Crippen molar-refractivity contribution in [3.63, 3.8) is 0 Å². The number of amides is 1. The molecule has 0 aliphatic heterocycles. The average molecular weight is 295 g/mol. The summed E-state index contributed by atoms with van der Waals surface area (Å²) in [7, 11) is 0. The van der Waals surface area contributed by atoms with Crippen LogP contribution in [-0.2, 0) is 4.79 Å². The zero-order valence-corrected chi connectivity index (χ0v) is 12.0. The van der Waals surface area contributed by atoms with E-state index < -0.39 is 22.3 Å². The Hall–Kier alpha value is -2.64. The molecule has 21 heavy (non-hydrogen) atoms. The largest absolute Gasteiger partial charge is 0.480 e. The number of nitro benzene ring substituents is 1. The predicted molar refractivity (Wildman–Crippen MR) is 76.4 cm³/mol. The van der Waals surface area contributed by atoms with Crippen molar-refractivity contribution < 1.29 is 19.6 Å². The first-order chi connectivity index (χ1) is 9.69. The number of nitrogens with zero attached hydrogens (tertiary/aromatic N) is 1. The standard InChI is InChI=1S/C13H17N3O5/c1-4-14-11(17)8-5-6-9(10(7-8)16(20)21)15-13(2,3)12(18)19/h5-7,15H,4H2,1-3H3,(H,14,17)(H,18,19). The van der Waals surface area contributed by atoms with Crippen molar-refractivity contribution in [3.8, 4) is 0 Å². The number of carbonyl (C=O) groups is 2. The van der Waals surface area contributed by atoms with E-state index >= 15 is 0 Å².